The van der Waals surface area contributed by atoms with Crippen LogP contribution in [0.15, 0.2) is 36.4 Å². The number of unbranched alkanes of at least 4 members (excludes halogenated alkanes) is 1. The molecule has 0 atom stereocenters. The number of nitro benzene ring substituents is 1. The van der Waals surface area contributed by atoms with Gasteiger partial charge in [-0.05, 0) is 56.1 Å². The quantitative estimate of drug-likeness (QED) is 0.401. The first-order valence-corrected chi connectivity index (χ1v) is 8.64. The van der Waals surface area contributed by atoms with Crippen LogP contribution in [0, 0.1) is 10.1 Å². The molecule has 0 aliphatic heterocycles. The molecule has 0 fully saturated rings. The summed E-state index contributed by atoms with van der Waals surface area (Å²) in [7, 11) is 0. The highest BCUT2D eigenvalue weighted by atomic mass is 32.1. The van der Waals surface area contributed by atoms with Crippen molar-refractivity contribution in [1.82, 2.24) is 5.32 Å². The van der Waals surface area contributed by atoms with E-state index in [4.69, 9.17) is 4.74 Å². The Labute approximate surface area is 140 Å². The molecule has 124 valence electrons. The summed E-state index contributed by atoms with van der Waals surface area (Å²) in [6, 6.07) is 10.9. The maximum absolute atomic E-state index is 10.7. The van der Waals surface area contributed by atoms with Crippen molar-refractivity contribution < 1.29 is 9.66 Å². The average molecular weight is 334 g/mol. The predicted octanol–water partition coefficient (Wildman–Crippen LogP) is 4.23. The van der Waals surface area contributed by atoms with Crippen LogP contribution in [0.2, 0.25) is 0 Å². The number of rotatable bonds is 10. The van der Waals surface area contributed by atoms with Gasteiger partial charge in [0.2, 0.25) is 0 Å². The maximum atomic E-state index is 10.7. The molecular weight excluding hydrogens is 312 g/mol. The summed E-state index contributed by atoms with van der Waals surface area (Å²) in [4.78, 5) is 12.7. The molecule has 0 unspecified atom stereocenters. The molecule has 0 saturated heterocycles. The van der Waals surface area contributed by atoms with Crippen molar-refractivity contribution in [3.05, 3.63) is 51.4 Å². The van der Waals surface area contributed by atoms with Gasteiger partial charge in [-0.3, -0.25) is 10.1 Å². The van der Waals surface area contributed by atoms with E-state index in [2.05, 4.69) is 17.4 Å². The molecule has 2 rings (SSSR count). The fraction of sp³-hybridized carbons (Fsp3) is 0.412. The van der Waals surface area contributed by atoms with Crippen molar-refractivity contribution in [1.29, 1.82) is 0 Å². The number of nitrogens with zero attached hydrogens (tertiary/aromatic N) is 1. The van der Waals surface area contributed by atoms with Gasteiger partial charge in [-0.2, -0.15) is 0 Å². The third kappa shape index (κ3) is 5.74. The third-order valence-corrected chi connectivity index (χ3v) is 4.55. The second-order valence-electron chi connectivity index (χ2n) is 5.15. The molecule has 23 heavy (non-hydrogen) atoms. The molecule has 6 heteroatoms. The topological polar surface area (TPSA) is 64.4 Å². The number of nitrogens with one attached hydrogen (secondary N) is 1. The summed E-state index contributed by atoms with van der Waals surface area (Å²) in [6.45, 7) is 5.47. The van der Waals surface area contributed by atoms with Crippen molar-refractivity contribution >= 4 is 17.0 Å². The molecule has 0 aliphatic carbocycles. The molecule has 5 nitrogen and oxygen atoms in total. The van der Waals surface area contributed by atoms with Crippen LogP contribution in [-0.2, 0) is 11.3 Å². The van der Waals surface area contributed by atoms with E-state index in [1.54, 1.807) is 35.6 Å². The lowest BCUT2D eigenvalue weighted by Gasteiger charge is -2.03. The molecule has 1 aromatic carbocycles. The fourth-order valence-electron chi connectivity index (χ4n) is 2.19. The van der Waals surface area contributed by atoms with E-state index in [9.17, 15) is 10.1 Å². The summed E-state index contributed by atoms with van der Waals surface area (Å²) in [5.41, 5.74) is 1.14. The van der Waals surface area contributed by atoms with Gasteiger partial charge in [0.15, 0.2) is 0 Å². The molecular formula is C17H22N2O3S. The number of non-ortho nitro benzene ring substituents is 1. The van der Waals surface area contributed by atoms with Crippen LogP contribution < -0.4 is 5.32 Å². The van der Waals surface area contributed by atoms with Gasteiger partial charge in [0.1, 0.15) is 0 Å². The zero-order valence-electron chi connectivity index (χ0n) is 13.3. The Morgan fingerprint density at radius 3 is 2.65 bits per heavy atom. The van der Waals surface area contributed by atoms with E-state index in [-0.39, 0.29) is 10.6 Å². The molecule has 0 bridgehead atoms. The first-order valence-electron chi connectivity index (χ1n) is 7.82. The summed E-state index contributed by atoms with van der Waals surface area (Å²) < 4.78 is 5.31. The summed E-state index contributed by atoms with van der Waals surface area (Å²) in [6.07, 6.45) is 2.19. The van der Waals surface area contributed by atoms with Gasteiger partial charge in [0.05, 0.1) is 4.92 Å². The minimum absolute atomic E-state index is 0.124. The average Bonchev–Trinajstić information content (AvgIpc) is 3.03. The lowest BCUT2D eigenvalue weighted by molar-refractivity contribution is -0.384. The molecule has 1 aromatic heterocycles. The standard InChI is InChI=1S/C17H22N2O3S/c1-2-22-12-4-3-11-18-13-16-9-10-17(23-16)14-5-7-15(8-6-14)19(20)21/h5-10,18H,2-4,11-13H2,1H3. The van der Waals surface area contributed by atoms with Crippen LogP contribution in [0.5, 0.6) is 0 Å². The van der Waals surface area contributed by atoms with Crippen molar-refractivity contribution in [2.75, 3.05) is 19.8 Å². The highest BCUT2D eigenvalue weighted by Crippen LogP contribution is 2.29. The lowest BCUT2D eigenvalue weighted by Crippen LogP contribution is -2.14. The SMILES string of the molecule is CCOCCCCNCc1ccc(-c2ccc([N+](=O)[O-])cc2)s1. The zero-order chi connectivity index (χ0) is 16.5. The zero-order valence-corrected chi connectivity index (χ0v) is 14.1. The second-order valence-corrected chi connectivity index (χ2v) is 6.32. The minimum Gasteiger partial charge on any atom is -0.382 e. The predicted molar refractivity (Wildman–Crippen MR) is 93.8 cm³/mol. The van der Waals surface area contributed by atoms with E-state index >= 15 is 0 Å². The van der Waals surface area contributed by atoms with E-state index < -0.39 is 0 Å². The molecule has 0 amide bonds. The van der Waals surface area contributed by atoms with Gasteiger partial charge in [-0.25, -0.2) is 0 Å². The van der Waals surface area contributed by atoms with Gasteiger partial charge < -0.3 is 10.1 Å². The Morgan fingerprint density at radius 1 is 1.17 bits per heavy atom. The van der Waals surface area contributed by atoms with E-state index in [1.165, 1.54) is 4.88 Å². The van der Waals surface area contributed by atoms with Gasteiger partial charge in [0, 0.05) is 41.6 Å². The minimum atomic E-state index is -0.376. The first kappa shape index (κ1) is 17.6. The van der Waals surface area contributed by atoms with Crippen LogP contribution in [0.4, 0.5) is 5.69 Å². The molecule has 1 N–H and O–H groups in total. The van der Waals surface area contributed by atoms with E-state index in [0.717, 1.165) is 49.6 Å². The molecule has 1 heterocycles. The molecule has 2 aromatic rings. The van der Waals surface area contributed by atoms with Gasteiger partial charge >= 0.3 is 0 Å². The fourth-order valence-corrected chi connectivity index (χ4v) is 3.17. The van der Waals surface area contributed by atoms with Crippen LogP contribution in [-0.4, -0.2) is 24.7 Å². The highest BCUT2D eigenvalue weighted by molar-refractivity contribution is 7.15. The van der Waals surface area contributed by atoms with Crippen LogP contribution >= 0.6 is 11.3 Å². The van der Waals surface area contributed by atoms with E-state index in [0.29, 0.717) is 0 Å². The summed E-state index contributed by atoms with van der Waals surface area (Å²) in [5.74, 6) is 0. The number of hydrogen-bond acceptors (Lipinski definition) is 5. The Hall–Kier alpha value is -1.76. The molecule has 0 radical (unpaired) electrons. The Bertz CT molecular complexity index is 611. The largest absolute Gasteiger partial charge is 0.382 e. The third-order valence-electron chi connectivity index (χ3n) is 3.42. The summed E-state index contributed by atoms with van der Waals surface area (Å²) in [5, 5.41) is 14.1. The van der Waals surface area contributed by atoms with Crippen molar-refractivity contribution in [2.24, 2.45) is 0 Å². The lowest BCUT2D eigenvalue weighted by atomic mass is 10.2. The Balaban J connectivity index is 1.78. The monoisotopic (exact) mass is 334 g/mol. The van der Waals surface area contributed by atoms with Crippen molar-refractivity contribution in [3.8, 4) is 10.4 Å². The van der Waals surface area contributed by atoms with Crippen LogP contribution in [0.25, 0.3) is 10.4 Å². The molecule has 0 spiro atoms. The number of ether oxygens (including phenoxy) is 1. The number of benzene rings is 1. The molecule has 0 aliphatic rings. The molecule has 0 saturated carbocycles. The number of hydrogen-bond donors (Lipinski definition) is 1. The second kappa shape index (κ2) is 9.39. The Kier molecular flexibility index (Phi) is 7.19. The van der Waals surface area contributed by atoms with Gasteiger partial charge in [-0.1, -0.05) is 0 Å². The van der Waals surface area contributed by atoms with Crippen LogP contribution in [0.1, 0.15) is 24.6 Å². The van der Waals surface area contributed by atoms with Gasteiger partial charge in [0.25, 0.3) is 5.69 Å². The summed E-state index contributed by atoms with van der Waals surface area (Å²) >= 11 is 1.72. The smallest absolute Gasteiger partial charge is 0.269 e. The van der Waals surface area contributed by atoms with Crippen molar-refractivity contribution in [3.63, 3.8) is 0 Å². The number of nitro groups is 1. The van der Waals surface area contributed by atoms with Crippen LogP contribution in [0.3, 0.4) is 0 Å². The van der Waals surface area contributed by atoms with Crippen molar-refractivity contribution in [2.45, 2.75) is 26.3 Å². The first-order chi connectivity index (χ1) is 11.2. The maximum Gasteiger partial charge on any atom is 0.269 e. The van der Waals surface area contributed by atoms with E-state index in [1.807, 2.05) is 6.92 Å². The highest BCUT2D eigenvalue weighted by Gasteiger charge is 2.07. The Morgan fingerprint density at radius 2 is 1.96 bits per heavy atom. The number of thiophene rings is 1. The van der Waals surface area contributed by atoms with Gasteiger partial charge in [-0.15, -0.1) is 11.3 Å². The normalized spacial score (nSPS) is 10.8.